The van der Waals surface area contributed by atoms with Crippen LogP contribution in [-0.2, 0) is 32.6 Å². The predicted molar refractivity (Wildman–Crippen MR) is 126 cm³/mol. The van der Waals surface area contributed by atoms with Gasteiger partial charge in [-0.3, -0.25) is 9.48 Å². The van der Waals surface area contributed by atoms with Crippen molar-refractivity contribution in [3.8, 4) is 5.75 Å². The lowest BCUT2D eigenvalue weighted by Crippen LogP contribution is -2.30. The van der Waals surface area contributed by atoms with Crippen LogP contribution < -0.4 is 4.74 Å². The molecular formula is C24H29N3O6S. The number of rotatable bonds is 9. The molecule has 0 unspecified atom stereocenters. The van der Waals surface area contributed by atoms with E-state index in [0.717, 1.165) is 10.9 Å². The Labute approximate surface area is 198 Å². The number of fused-ring (bicyclic) bond motifs is 1. The highest BCUT2D eigenvalue weighted by molar-refractivity contribution is 7.89. The number of aromatic nitrogens is 2. The minimum atomic E-state index is -3.80. The lowest BCUT2D eigenvalue weighted by molar-refractivity contribution is -0.136. The molecule has 182 valence electrons. The Kier molecular flexibility index (Phi) is 6.92. The zero-order valence-corrected chi connectivity index (χ0v) is 20.3. The van der Waals surface area contributed by atoms with Crippen LogP contribution in [0.3, 0.4) is 0 Å². The summed E-state index contributed by atoms with van der Waals surface area (Å²) in [5.74, 6) is -0.389. The molecule has 1 saturated heterocycles. The average molecular weight is 488 g/mol. The van der Waals surface area contributed by atoms with Gasteiger partial charge in [-0.25, -0.2) is 8.42 Å². The van der Waals surface area contributed by atoms with E-state index in [2.05, 4.69) is 5.10 Å². The molecule has 4 rings (SSSR count). The number of nitrogens with zero attached hydrogens (tertiary/aromatic N) is 3. The third kappa shape index (κ3) is 4.53. The first-order chi connectivity index (χ1) is 16.3. The van der Waals surface area contributed by atoms with Crippen molar-refractivity contribution >= 4 is 26.9 Å². The van der Waals surface area contributed by atoms with Crippen LogP contribution in [0.4, 0.5) is 0 Å². The number of carbonyl (C=O) groups is 1. The summed E-state index contributed by atoms with van der Waals surface area (Å²) in [6.45, 7) is 5.04. The topological polar surface area (TPSA) is 111 Å². The molecule has 0 aliphatic carbocycles. The Hall–Kier alpha value is -2.95. The van der Waals surface area contributed by atoms with E-state index in [9.17, 15) is 18.3 Å². The van der Waals surface area contributed by atoms with Crippen LogP contribution in [0.2, 0.25) is 0 Å². The monoisotopic (exact) mass is 487 g/mol. The van der Waals surface area contributed by atoms with Gasteiger partial charge in [-0.15, -0.1) is 0 Å². The van der Waals surface area contributed by atoms with Gasteiger partial charge in [-0.2, -0.15) is 9.40 Å². The molecular weight excluding hydrogens is 458 g/mol. The number of sulfonamides is 1. The van der Waals surface area contributed by atoms with E-state index >= 15 is 0 Å². The number of benzene rings is 2. The molecule has 10 heteroatoms. The molecule has 0 amide bonds. The van der Waals surface area contributed by atoms with Gasteiger partial charge in [0.2, 0.25) is 10.0 Å². The first-order valence-electron chi connectivity index (χ1n) is 11.2. The number of methoxy groups -OCH3 is 1. The minimum absolute atomic E-state index is 0.0238. The normalized spacial score (nSPS) is 19.0. The summed E-state index contributed by atoms with van der Waals surface area (Å²) < 4.78 is 41.4. The molecule has 2 heterocycles. The highest BCUT2D eigenvalue weighted by Crippen LogP contribution is 2.36. The van der Waals surface area contributed by atoms with Crippen LogP contribution >= 0.6 is 0 Å². The third-order valence-corrected chi connectivity index (χ3v) is 8.05. The molecule has 0 bridgehead atoms. The molecule has 0 spiro atoms. The van der Waals surface area contributed by atoms with Crippen molar-refractivity contribution in [1.29, 1.82) is 0 Å². The molecule has 3 aromatic rings. The smallest absolute Gasteiger partial charge is 0.309 e. The molecule has 0 saturated carbocycles. The molecule has 0 radical (unpaired) electrons. The molecule has 1 aliphatic heterocycles. The summed E-state index contributed by atoms with van der Waals surface area (Å²) in [6, 6.07) is 12.2. The Bertz CT molecular complexity index is 1300. The summed E-state index contributed by atoms with van der Waals surface area (Å²) in [7, 11) is -2.28. The standard InChI is InChI=1S/C24H29N3O6S/c1-4-33-18-9-10-23(17(11-18)15-32-3)34(30,31)26-13-16(2)22(14-26)27-21-8-6-5-7-19(21)20(25-27)12-24(28)29/h5-11,16,22H,4,12-15H2,1-3H3,(H,28,29)/t16-,22+/m1/s1. The lowest BCUT2D eigenvalue weighted by Gasteiger charge is -2.20. The van der Waals surface area contributed by atoms with Crippen LogP contribution in [-0.4, -0.2) is 60.4 Å². The first kappa shape index (κ1) is 24.2. The zero-order valence-electron chi connectivity index (χ0n) is 19.5. The van der Waals surface area contributed by atoms with Crippen molar-refractivity contribution in [2.75, 3.05) is 26.8 Å². The van der Waals surface area contributed by atoms with E-state index in [4.69, 9.17) is 9.47 Å². The maximum absolute atomic E-state index is 13.7. The third-order valence-electron chi connectivity index (χ3n) is 6.12. The van der Waals surface area contributed by atoms with Crippen molar-refractivity contribution in [3.63, 3.8) is 0 Å². The molecule has 34 heavy (non-hydrogen) atoms. The predicted octanol–water partition coefficient (Wildman–Crippen LogP) is 3.09. The fourth-order valence-corrected chi connectivity index (χ4v) is 6.32. The van der Waals surface area contributed by atoms with Gasteiger partial charge < -0.3 is 14.6 Å². The van der Waals surface area contributed by atoms with Crippen LogP contribution in [0.15, 0.2) is 47.4 Å². The van der Waals surface area contributed by atoms with Crippen molar-refractivity contribution in [1.82, 2.24) is 14.1 Å². The number of ether oxygens (including phenoxy) is 2. The second-order valence-corrected chi connectivity index (χ2v) is 10.4. The quantitative estimate of drug-likeness (QED) is 0.494. The zero-order chi connectivity index (χ0) is 24.5. The lowest BCUT2D eigenvalue weighted by atomic mass is 10.1. The van der Waals surface area contributed by atoms with Gasteiger partial charge in [0.25, 0.3) is 0 Å². The van der Waals surface area contributed by atoms with Crippen molar-refractivity contribution in [2.24, 2.45) is 5.92 Å². The fourth-order valence-electron chi connectivity index (χ4n) is 4.57. The molecule has 2 atom stereocenters. The Morgan fingerprint density at radius 1 is 1.21 bits per heavy atom. The van der Waals surface area contributed by atoms with Crippen LogP contribution in [0, 0.1) is 5.92 Å². The van der Waals surface area contributed by atoms with Gasteiger partial charge in [0.05, 0.1) is 41.8 Å². The molecule has 1 aliphatic rings. The largest absolute Gasteiger partial charge is 0.494 e. The van der Waals surface area contributed by atoms with Gasteiger partial charge in [0.1, 0.15) is 5.75 Å². The first-order valence-corrected chi connectivity index (χ1v) is 12.6. The van der Waals surface area contributed by atoms with Gasteiger partial charge in [0, 0.05) is 31.1 Å². The molecule has 1 fully saturated rings. The summed E-state index contributed by atoms with van der Waals surface area (Å²) in [4.78, 5) is 11.5. The van der Waals surface area contributed by atoms with Crippen molar-refractivity contribution < 1.29 is 27.8 Å². The summed E-state index contributed by atoms with van der Waals surface area (Å²) in [5, 5.41) is 14.7. The van der Waals surface area contributed by atoms with Gasteiger partial charge >= 0.3 is 5.97 Å². The van der Waals surface area contributed by atoms with Crippen LogP contribution in [0.1, 0.15) is 31.1 Å². The second kappa shape index (κ2) is 9.73. The van der Waals surface area contributed by atoms with E-state index in [0.29, 0.717) is 30.2 Å². The number of aliphatic carboxylic acids is 1. The highest BCUT2D eigenvalue weighted by Gasteiger charge is 2.40. The van der Waals surface area contributed by atoms with E-state index < -0.39 is 16.0 Å². The molecule has 9 nitrogen and oxygen atoms in total. The van der Waals surface area contributed by atoms with Gasteiger partial charge in [-0.1, -0.05) is 25.1 Å². The van der Waals surface area contributed by atoms with Crippen molar-refractivity contribution in [2.45, 2.75) is 37.8 Å². The Morgan fingerprint density at radius 3 is 2.68 bits per heavy atom. The number of carboxylic acid groups (broad SMARTS) is 1. The highest BCUT2D eigenvalue weighted by atomic mass is 32.2. The van der Waals surface area contributed by atoms with Crippen LogP contribution in [0.5, 0.6) is 5.75 Å². The van der Waals surface area contributed by atoms with Crippen molar-refractivity contribution in [3.05, 3.63) is 53.7 Å². The molecule has 1 N–H and O–H groups in total. The number of hydrogen-bond acceptors (Lipinski definition) is 6. The van der Waals surface area contributed by atoms with E-state index in [1.165, 1.54) is 11.4 Å². The number of para-hydroxylation sites is 1. The number of carboxylic acids is 1. The molecule has 2 aromatic carbocycles. The SMILES string of the molecule is CCOc1ccc(S(=O)(=O)N2C[C@@H](C)[C@@H](n3nc(CC(=O)O)c4ccccc43)C2)c(COC)c1. The minimum Gasteiger partial charge on any atom is -0.494 e. The molecule has 1 aromatic heterocycles. The van der Waals surface area contributed by atoms with E-state index in [1.807, 2.05) is 38.1 Å². The van der Waals surface area contributed by atoms with Gasteiger partial charge in [-0.05, 0) is 37.1 Å². The maximum Gasteiger partial charge on any atom is 0.309 e. The maximum atomic E-state index is 13.7. The number of hydrogen-bond donors (Lipinski definition) is 1. The summed E-state index contributed by atoms with van der Waals surface area (Å²) in [5.41, 5.74) is 1.82. The van der Waals surface area contributed by atoms with Crippen LogP contribution in [0.25, 0.3) is 10.9 Å². The summed E-state index contributed by atoms with van der Waals surface area (Å²) in [6.07, 6.45) is -0.191. The Morgan fingerprint density at radius 2 is 1.97 bits per heavy atom. The van der Waals surface area contributed by atoms with Gasteiger partial charge in [0.15, 0.2) is 0 Å². The second-order valence-electron chi connectivity index (χ2n) is 8.48. The average Bonchev–Trinajstić information content (AvgIpc) is 3.35. The Balaban J connectivity index is 1.68. The summed E-state index contributed by atoms with van der Waals surface area (Å²) >= 11 is 0. The van der Waals surface area contributed by atoms with E-state index in [-0.39, 0.29) is 36.4 Å². The fraction of sp³-hybridized carbons (Fsp3) is 0.417. The van der Waals surface area contributed by atoms with E-state index in [1.54, 1.807) is 22.9 Å².